The highest BCUT2D eigenvalue weighted by Gasteiger charge is 2.13. The molecule has 0 atom stereocenters. The van der Waals surface area contributed by atoms with Gasteiger partial charge in [-0.25, -0.2) is 4.79 Å². The van der Waals surface area contributed by atoms with E-state index in [2.05, 4.69) is 6.58 Å². The first kappa shape index (κ1) is 13.3. The molecule has 0 heterocycles. The first-order chi connectivity index (χ1) is 4.33. The summed E-state index contributed by atoms with van der Waals surface area (Å²) in [5.74, 6) is -0.909. The van der Waals surface area contributed by atoms with Crippen molar-refractivity contribution in [2.24, 2.45) is 0 Å². The van der Waals surface area contributed by atoms with E-state index < -0.39 is 5.97 Å². The Balaban J connectivity index is 0. The van der Waals surface area contributed by atoms with Gasteiger partial charge in [0.15, 0.2) is 0 Å². The highest BCUT2D eigenvalue weighted by Crippen LogP contribution is 1.98. The molecule has 0 spiro atoms. The van der Waals surface area contributed by atoms with Crippen molar-refractivity contribution in [3.63, 3.8) is 0 Å². The van der Waals surface area contributed by atoms with Gasteiger partial charge in [0.05, 0.1) is 26.7 Å². The fourth-order valence-electron chi connectivity index (χ4n) is 0.640. The maximum absolute atomic E-state index is 10.3. The Bertz CT molecular complexity index is 160. The number of hydrogen-bond donors (Lipinski definition) is 1. The molecule has 4 heteroatoms. The van der Waals surface area contributed by atoms with Gasteiger partial charge < -0.3 is 26.6 Å². The second-order valence-corrected chi connectivity index (χ2v) is 3.36. The first-order valence-electron chi connectivity index (χ1n) is 3.04. The molecule has 0 aliphatic carbocycles. The minimum atomic E-state index is -0.909. The topological polar surface area (TPSA) is 37.3 Å². The minimum absolute atomic E-state index is 0. The number of nitrogens with zero attached hydrogens (tertiary/aromatic N) is 1. The van der Waals surface area contributed by atoms with Crippen molar-refractivity contribution in [3.8, 4) is 0 Å². The van der Waals surface area contributed by atoms with Crippen LogP contribution in [-0.2, 0) is 4.79 Å². The van der Waals surface area contributed by atoms with Gasteiger partial charge in [-0.1, -0.05) is 6.58 Å². The summed E-state index contributed by atoms with van der Waals surface area (Å²) in [5, 5.41) is 8.44. The molecule has 0 bridgehead atoms. The van der Waals surface area contributed by atoms with Crippen LogP contribution in [0, 0.1) is 0 Å². The Morgan fingerprint density at radius 1 is 1.45 bits per heavy atom. The Hall–Kier alpha value is -0.350. The Labute approximate surface area is 77.7 Å². The van der Waals surface area contributed by atoms with Gasteiger partial charge in [-0.3, -0.25) is 0 Å². The number of quaternary nitrogens is 1. The number of rotatable bonds is 3. The van der Waals surface area contributed by atoms with Crippen molar-refractivity contribution in [1.29, 1.82) is 0 Å². The molecule has 0 aliphatic heterocycles. The monoisotopic (exact) mass is 223 g/mol. The van der Waals surface area contributed by atoms with Crippen LogP contribution in [0.15, 0.2) is 12.2 Å². The lowest BCUT2D eigenvalue weighted by Crippen LogP contribution is -3.00. The molecular formula is C7H14BrNO2. The molecule has 0 aromatic rings. The zero-order chi connectivity index (χ0) is 8.36. The van der Waals surface area contributed by atoms with Crippen LogP contribution >= 0.6 is 0 Å². The molecule has 0 rings (SSSR count). The number of carboxylic acid groups (broad SMARTS) is 1. The maximum Gasteiger partial charge on any atom is 0.336 e. The lowest BCUT2D eigenvalue weighted by molar-refractivity contribution is -0.865. The van der Waals surface area contributed by atoms with Crippen molar-refractivity contribution in [2.45, 2.75) is 0 Å². The quantitative estimate of drug-likeness (QED) is 0.419. The molecule has 0 aromatic heterocycles. The smallest absolute Gasteiger partial charge is 0.336 e. The number of aliphatic carboxylic acids is 1. The number of likely N-dealkylation sites (N-methyl/N-ethyl adjacent to an activating group) is 1. The summed E-state index contributed by atoms with van der Waals surface area (Å²) in [6.07, 6.45) is 0. The summed E-state index contributed by atoms with van der Waals surface area (Å²) in [6.45, 7) is 3.91. The molecular weight excluding hydrogens is 210 g/mol. The minimum Gasteiger partial charge on any atom is -1.00 e. The standard InChI is InChI=1S/C7H13NO2.BrH/c1-6(7(9)10)5-8(2,3)4;/h1,5H2,2-4H3;1H. The van der Waals surface area contributed by atoms with Crippen LogP contribution in [0.25, 0.3) is 0 Å². The van der Waals surface area contributed by atoms with Crippen molar-refractivity contribution < 1.29 is 31.4 Å². The second-order valence-electron chi connectivity index (χ2n) is 3.36. The Morgan fingerprint density at radius 3 is 1.91 bits per heavy atom. The average Bonchev–Trinajstić information content (AvgIpc) is 1.60. The number of carbonyl (C=O) groups is 1. The molecule has 0 unspecified atom stereocenters. The van der Waals surface area contributed by atoms with E-state index in [0.29, 0.717) is 11.0 Å². The molecule has 11 heavy (non-hydrogen) atoms. The lowest BCUT2D eigenvalue weighted by atomic mass is 10.3. The fourth-order valence-corrected chi connectivity index (χ4v) is 0.640. The normalized spacial score (nSPS) is 10.1. The molecule has 3 nitrogen and oxygen atoms in total. The highest BCUT2D eigenvalue weighted by atomic mass is 79.9. The third-order valence-electron chi connectivity index (χ3n) is 0.968. The van der Waals surface area contributed by atoms with Gasteiger partial charge in [-0.2, -0.15) is 0 Å². The summed E-state index contributed by atoms with van der Waals surface area (Å²) in [7, 11) is 5.77. The van der Waals surface area contributed by atoms with Crippen molar-refractivity contribution in [1.82, 2.24) is 0 Å². The van der Waals surface area contributed by atoms with Crippen LogP contribution in [0.5, 0.6) is 0 Å². The van der Waals surface area contributed by atoms with Crippen LogP contribution in [0.3, 0.4) is 0 Å². The number of halogens is 1. The first-order valence-corrected chi connectivity index (χ1v) is 3.04. The molecule has 0 radical (unpaired) electrons. The van der Waals surface area contributed by atoms with Crippen molar-refractivity contribution in [3.05, 3.63) is 12.2 Å². The van der Waals surface area contributed by atoms with Gasteiger partial charge in [-0.15, -0.1) is 0 Å². The van der Waals surface area contributed by atoms with Gasteiger partial charge >= 0.3 is 5.97 Å². The van der Waals surface area contributed by atoms with Gasteiger partial charge in [-0.05, 0) is 0 Å². The molecule has 66 valence electrons. The van der Waals surface area contributed by atoms with Crippen molar-refractivity contribution in [2.75, 3.05) is 27.7 Å². The van der Waals surface area contributed by atoms with E-state index in [1.807, 2.05) is 21.1 Å². The number of hydrogen-bond acceptors (Lipinski definition) is 1. The molecule has 0 fully saturated rings. The summed E-state index contributed by atoms with van der Waals surface area (Å²) in [4.78, 5) is 10.3. The van der Waals surface area contributed by atoms with Gasteiger partial charge in [0.25, 0.3) is 0 Å². The molecule has 0 amide bonds. The largest absolute Gasteiger partial charge is 1.00 e. The van der Waals surface area contributed by atoms with Gasteiger partial charge in [0.1, 0.15) is 6.54 Å². The zero-order valence-corrected chi connectivity index (χ0v) is 8.68. The second kappa shape index (κ2) is 4.51. The third-order valence-corrected chi connectivity index (χ3v) is 0.968. The predicted molar refractivity (Wildman–Crippen MR) is 39.7 cm³/mol. The molecule has 0 saturated carbocycles. The van der Waals surface area contributed by atoms with E-state index in [0.717, 1.165) is 0 Å². The van der Waals surface area contributed by atoms with Gasteiger partial charge in [0, 0.05) is 0 Å². The predicted octanol–water partition coefficient (Wildman–Crippen LogP) is -2.66. The third kappa shape index (κ3) is 7.55. The summed E-state index contributed by atoms with van der Waals surface area (Å²) in [6, 6.07) is 0. The van der Waals surface area contributed by atoms with E-state index in [-0.39, 0.29) is 22.6 Å². The van der Waals surface area contributed by atoms with E-state index in [1.54, 1.807) is 0 Å². The van der Waals surface area contributed by atoms with Crippen LogP contribution in [0.1, 0.15) is 0 Å². The van der Waals surface area contributed by atoms with Crippen LogP contribution in [0.4, 0.5) is 0 Å². The summed E-state index contributed by atoms with van der Waals surface area (Å²) >= 11 is 0. The molecule has 0 aliphatic rings. The maximum atomic E-state index is 10.3. The van der Waals surface area contributed by atoms with Crippen LogP contribution < -0.4 is 17.0 Å². The van der Waals surface area contributed by atoms with E-state index in [9.17, 15) is 4.79 Å². The Kier molecular flexibility index (Phi) is 5.44. The Morgan fingerprint density at radius 2 is 1.82 bits per heavy atom. The highest BCUT2D eigenvalue weighted by molar-refractivity contribution is 5.85. The van der Waals surface area contributed by atoms with Crippen molar-refractivity contribution >= 4 is 5.97 Å². The van der Waals surface area contributed by atoms with Crippen LogP contribution in [-0.4, -0.2) is 43.2 Å². The van der Waals surface area contributed by atoms with E-state index >= 15 is 0 Å². The summed E-state index contributed by atoms with van der Waals surface area (Å²) in [5.41, 5.74) is 0.257. The molecule has 0 saturated heterocycles. The summed E-state index contributed by atoms with van der Waals surface area (Å²) < 4.78 is 0.602. The lowest BCUT2D eigenvalue weighted by Gasteiger charge is -2.23. The molecule has 0 aromatic carbocycles. The number of carboxylic acids is 1. The van der Waals surface area contributed by atoms with E-state index in [1.165, 1.54) is 0 Å². The van der Waals surface area contributed by atoms with Gasteiger partial charge in [0.2, 0.25) is 0 Å². The average molecular weight is 224 g/mol. The van der Waals surface area contributed by atoms with E-state index in [4.69, 9.17) is 5.11 Å². The fraction of sp³-hybridized carbons (Fsp3) is 0.571. The van der Waals surface area contributed by atoms with Crippen LogP contribution in [0.2, 0.25) is 0 Å². The SMILES string of the molecule is C=C(C[N+](C)(C)C)C(=O)O.[Br-]. The molecule has 1 N–H and O–H groups in total. The zero-order valence-electron chi connectivity index (χ0n) is 7.09.